The molecule has 1 aromatic heterocycles. The first-order chi connectivity index (χ1) is 13.6. The largest absolute Gasteiger partial charge is 0.478 e. The van der Waals surface area contributed by atoms with Gasteiger partial charge in [0, 0.05) is 17.8 Å². The molecule has 1 aliphatic carbocycles. The molecule has 2 aliphatic rings. The second kappa shape index (κ2) is 8.48. The van der Waals surface area contributed by atoms with Crippen LogP contribution in [0.15, 0.2) is 30.5 Å². The molecule has 1 aliphatic heterocycles. The molecule has 1 saturated heterocycles. The summed E-state index contributed by atoms with van der Waals surface area (Å²) >= 11 is 6.03. The van der Waals surface area contributed by atoms with Crippen LogP contribution in [0.4, 0.5) is 5.95 Å². The van der Waals surface area contributed by atoms with Crippen LogP contribution >= 0.6 is 11.6 Å². The van der Waals surface area contributed by atoms with E-state index >= 15 is 0 Å². The maximum absolute atomic E-state index is 11.7. The number of carboxylic acid groups (broad SMARTS) is 1. The third kappa shape index (κ3) is 4.14. The molecule has 6 heteroatoms. The number of aromatic carboxylic acids is 1. The number of nitrogens with zero attached hydrogens (tertiary/aromatic N) is 3. The molecule has 0 bridgehead atoms. The molecule has 4 rings (SSSR count). The Morgan fingerprint density at radius 2 is 1.89 bits per heavy atom. The molecule has 148 valence electrons. The second-order valence-electron chi connectivity index (χ2n) is 7.93. The van der Waals surface area contributed by atoms with Crippen LogP contribution in [0.5, 0.6) is 0 Å². The Morgan fingerprint density at radius 1 is 1.14 bits per heavy atom. The molecule has 1 aromatic carbocycles. The molecule has 1 atom stereocenters. The van der Waals surface area contributed by atoms with Crippen LogP contribution in [0, 0.1) is 5.92 Å². The lowest BCUT2D eigenvalue weighted by Gasteiger charge is -2.25. The number of carbonyl (C=O) groups is 1. The van der Waals surface area contributed by atoms with Crippen LogP contribution in [0.2, 0.25) is 5.02 Å². The van der Waals surface area contributed by atoms with Crippen LogP contribution in [0.1, 0.15) is 72.6 Å². The molecule has 1 N–H and O–H groups in total. The number of carboxylic acids is 1. The lowest BCUT2D eigenvalue weighted by molar-refractivity contribution is 0.0694. The maximum atomic E-state index is 11.7. The Balaban J connectivity index is 1.58. The zero-order valence-electron chi connectivity index (χ0n) is 16.0. The normalized spacial score (nSPS) is 20.0. The summed E-state index contributed by atoms with van der Waals surface area (Å²) < 4.78 is 0. The highest BCUT2D eigenvalue weighted by Gasteiger charge is 2.29. The summed E-state index contributed by atoms with van der Waals surface area (Å²) in [5, 5.41) is 10.3. The molecule has 28 heavy (non-hydrogen) atoms. The minimum Gasteiger partial charge on any atom is -0.478 e. The molecule has 0 spiro atoms. The standard InChI is InChI=1S/C22H26ClN3O2/c23-17-10-8-16(9-11-17)20-6-3-13-26(20)22-24-14-18(21(27)28)19(25-22)12-7-15-4-1-2-5-15/h8-11,14-15,20H,1-7,12-13H2,(H,27,28)/t20-/m0/s1. The van der Waals surface area contributed by atoms with Gasteiger partial charge in [-0.3, -0.25) is 0 Å². The van der Waals surface area contributed by atoms with Gasteiger partial charge in [-0.2, -0.15) is 0 Å². The number of anilines is 1. The minimum absolute atomic E-state index is 0.204. The van der Waals surface area contributed by atoms with Gasteiger partial charge in [0.2, 0.25) is 5.95 Å². The van der Waals surface area contributed by atoms with Crippen LogP contribution in [0.3, 0.4) is 0 Å². The van der Waals surface area contributed by atoms with E-state index in [1.54, 1.807) is 0 Å². The van der Waals surface area contributed by atoms with Crippen LogP contribution in [-0.2, 0) is 6.42 Å². The Hall–Kier alpha value is -2.14. The highest BCUT2D eigenvalue weighted by molar-refractivity contribution is 6.30. The highest BCUT2D eigenvalue weighted by atomic mass is 35.5. The van der Waals surface area contributed by atoms with Gasteiger partial charge in [-0.15, -0.1) is 0 Å². The van der Waals surface area contributed by atoms with Gasteiger partial charge in [-0.25, -0.2) is 14.8 Å². The average Bonchev–Trinajstić information content (AvgIpc) is 3.38. The van der Waals surface area contributed by atoms with E-state index in [1.807, 2.05) is 12.1 Å². The maximum Gasteiger partial charge on any atom is 0.339 e. The lowest BCUT2D eigenvalue weighted by atomic mass is 9.99. The Labute approximate surface area is 170 Å². The van der Waals surface area contributed by atoms with Crippen molar-refractivity contribution < 1.29 is 9.90 Å². The summed E-state index contributed by atoms with van der Waals surface area (Å²) in [5.41, 5.74) is 2.11. The highest BCUT2D eigenvalue weighted by Crippen LogP contribution is 2.35. The molecular formula is C22H26ClN3O2. The van der Waals surface area contributed by atoms with Crippen molar-refractivity contribution in [1.29, 1.82) is 0 Å². The number of hydrogen-bond donors (Lipinski definition) is 1. The summed E-state index contributed by atoms with van der Waals surface area (Å²) in [5.74, 6) is 0.404. The van der Waals surface area contributed by atoms with Gasteiger partial charge in [0.15, 0.2) is 0 Å². The monoisotopic (exact) mass is 399 g/mol. The fraction of sp³-hybridized carbons (Fsp3) is 0.500. The molecule has 0 unspecified atom stereocenters. The van der Waals surface area contributed by atoms with Crippen molar-refractivity contribution in [2.45, 2.75) is 57.4 Å². The molecular weight excluding hydrogens is 374 g/mol. The van der Waals surface area contributed by atoms with Gasteiger partial charge in [0.05, 0.1) is 17.3 Å². The van der Waals surface area contributed by atoms with E-state index in [2.05, 4.69) is 22.0 Å². The van der Waals surface area contributed by atoms with E-state index < -0.39 is 5.97 Å². The molecule has 2 heterocycles. The van der Waals surface area contributed by atoms with Crippen LogP contribution in [-0.4, -0.2) is 27.6 Å². The van der Waals surface area contributed by atoms with Crippen molar-refractivity contribution in [3.05, 3.63) is 52.3 Å². The van der Waals surface area contributed by atoms with Gasteiger partial charge in [0.1, 0.15) is 0 Å². The van der Waals surface area contributed by atoms with E-state index in [1.165, 1.54) is 37.4 Å². The van der Waals surface area contributed by atoms with E-state index in [-0.39, 0.29) is 11.6 Å². The van der Waals surface area contributed by atoms with Crippen molar-refractivity contribution in [3.8, 4) is 0 Å². The second-order valence-corrected chi connectivity index (χ2v) is 8.36. The zero-order chi connectivity index (χ0) is 19.5. The molecule has 1 saturated carbocycles. The number of hydrogen-bond acceptors (Lipinski definition) is 4. The number of benzene rings is 1. The smallest absolute Gasteiger partial charge is 0.339 e. The van der Waals surface area contributed by atoms with Crippen LogP contribution < -0.4 is 4.90 Å². The molecule has 0 amide bonds. The predicted molar refractivity (Wildman–Crippen MR) is 110 cm³/mol. The summed E-state index contributed by atoms with van der Waals surface area (Å²) in [6.07, 6.45) is 10.4. The SMILES string of the molecule is O=C(O)c1cnc(N2CCC[C@H]2c2ccc(Cl)cc2)nc1CCC1CCCC1. The van der Waals surface area contributed by atoms with Crippen LogP contribution in [0.25, 0.3) is 0 Å². The summed E-state index contributed by atoms with van der Waals surface area (Å²) in [4.78, 5) is 23.0. The van der Waals surface area contributed by atoms with E-state index in [4.69, 9.17) is 16.6 Å². The molecule has 0 radical (unpaired) electrons. The molecule has 2 aromatic rings. The summed E-state index contributed by atoms with van der Waals surface area (Å²) in [6, 6.07) is 8.13. The lowest BCUT2D eigenvalue weighted by Crippen LogP contribution is -2.25. The fourth-order valence-corrected chi connectivity index (χ4v) is 4.72. The topological polar surface area (TPSA) is 66.3 Å². The quantitative estimate of drug-likeness (QED) is 0.714. The number of rotatable bonds is 6. The van der Waals surface area contributed by atoms with Gasteiger partial charge in [0.25, 0.3) is 0 Å². The Kier molecular flexibility index (Phi) is 5.81. The fourth-order valence-electron chi connectivity index (χ4n) is 4.59. The Bertz CT molecular complexity index is 834. The average molecular weight is 400 g/mol. The van der Waals surface area contributed by atoms with Crippen molar-refractivity contribution in [2.24, 2.45) is 5.92 Å². The van der Waals surface area contributed by atoms with Crippen molar-refractivity contribution in [3.63, 3.8) is 0 Å². The predicted octanol–water partition coefficient (Wildman–Crippen LogP) is 5.29. The summed E-state index contributed by atoms with van der Waals surface area (Å²) in [7, 11) is 0. The van der Waals surface area contributed by atoms with Crippen molar-refractivity contribution in [2.75, 3.05) is 11.4 Å². The summed E-state index contributed by atoms with van der Waals surface area (Å²) in [6.45, 7) is 0.877. The molecule has 5 nitrogen and oxygen atoms in total. The van der Waals surface area contributed by atoms with Crippen molar-refractivity contribution >= 4 is 23.5 Å². The van der Waals surface area contributed by atoms with Gasteiger partial charge >= 0.3 is 5.97 Å². The third-order valence-electron chi connectivity index (χ3n) is 6.11. The molecule has 2 fully saturated rings. The van der Waals surface area contributed by atoms with Gasteiger partial charge in [-0.1, -0.05) is 49.4 Å². The van der Waals surface area contributed by atoms with E-state index in [0.717, 1.165) is 30.8 Å². The van der Waals surface area contributed by atoms with Gasteiger partial charge < -0.3 is 10.0 Å². The number of halogens is 1. The Morgan fingerprint density at radius 3 is 2.61 bits per heavy atom. The van der Waals surface area contributed by atoms with E-state index in [9.17, 15) is 9.90 Å². The van der Waals surface area contributed by atoms with Gasteiger partial charge in [-0.05, 0) is 49.3 Å². The zero-order valence-corrected chi connectivity index (χ0v) is 16.7. The van der Waals surface area contributed by atoms with Crippen molar-refractivity contribution in [1.82, 2.24) is 9.97 Å². The minimum atomic E-state index is -0.941. The third-order valence-corrected chi connectivity index (χ3v) is 6.37. The van der Waals surface area contributed by atoms with E-state index in [0.29, 0.717) is 24.0 Å². The first-order valence-corrected chi connectivity index (χ1v) is 10.6. The number of aryl methyl sites for hydroxylation is 1. The first-order valence-electron chi connectivity index (χ1n) is 10.2. The first kappa shape index (κ1) is 19.2. The number of aromatic nitrogens is 2.